The number of aromatic nitrogens is 1. The number of anilines is 1. The topological polar surface area (TPSA) is 28.2 Å². The van der Waals surface area contributed by atoms with E-state index in [0.717, 1.165) is 24.9 Å². The zero-order chi connectivity index (χ0) is 13.1. The molecule has 1 atom stereocenters. The van der Waals surface area contributed by atoms with E-state index >= 15 is 0 Å². The Morgan fingerprint density at radius 3 is 2.59 bits per heavy atom. The van der Waals surface area contributed by atoms with Crippen molar-refractivity contribution in [2.75, 3.05) is 26.0 Å². The quantitative estimate of drug-likeness (QED) is 0.885. The zero-order valence-corrected chi connectivity index (χ0v) is 10.0. The molecule has 0 bridgehead atoms. The van der Waals surface area contributed by atoms with E-state index in [4.69, 9.17) is 0 Å². The van der Waals surface area contributed by atoms with Crippen LogP contribution in [0.3, 0.4) is 0 Å². The van der Waals surface area contributed by atoms with Gasteiger partial charge in [-0.25, -0.2) is 4.98 Å². The van der Waals surface area contributed by atoms with Gasteiger partial charge in [-0.15, -0.1) is 0 Å². The van der Waals surface area contributed by atoms with Crippen molar-refractivity contribution in [2.45, 2.75) is 19.1 Å². The fourth-order valence-corrected chi connectivity index (χ4v) is 1.53. The highest BCUT2D eigenvalue weighted by Gasteiger charge is 2.30. The van der Waals surface area contributed by atoms with Crippen molar-refractivity contribution in [1.82, 2.24) is 9.88 Å². The summed E-state index contributed by atoms with van der Waals surface area (Å²) in [5, 5.41) is 2.93. The molecule has 6 heteroatoms. The van der Waals surface area contributed by atoms with E-state index in [-0.39, 0.29) is 11.9 Å². The van der Waals surface area contributed by atoms with Gasteiger partial charge in [-0.05, 0) is 33.2 Å². The van der Waals surface area contributed by atoms with Crippen LogP contribution in [0.25, 0.3) is 0 Å². The van der Waals surface area contributed by atoms with Crippen molar-refractivity contribution < 1.29 is 13.2 Å². The van der Waals surface area contributed by atoms with Crippen LogP contribution in [0.2, 0.25) is 0 Å². The Labute approximate surface area is 98.6 Å². The van der Waals surface area contributed by atoms with Crippen molar-refractivity contribution >= 4 is 5.82 Å². The third-order valence-corrected chi connectivity index (χ3v) is 2.12. The first kappa shape index (κ1) is 13.8. The summed E-state index contributed by atoms with van der Waals surface area (Å²) in [4.78, 5) is 5.82. The molecule has 0 aliphatic carbocycles. The van der Waals surface area contributed by atoms with Crippen LogP contribution in [0.5, 0.6) is 0 Å². The Kier molecular flexibility index (Phi) is 4.34. The summed E-state index contributed by atoms with van der Waals surface area (Å²) in [6, 6.07) is 2.01. The van der Waals surface area contributed by atoms with Gasteiger partial charge in [-0.3, -0.25) is 0 Å². The molecule has 0 aliphatic heterocycles. The van der Waals surface area contributed by atoms with Gasteiger partial charge in [0.1, 0.15) is 5.82 Å². The van der Waals surface area contributed by atoms with Crippen LogP contribution in [0.4, 0.5) is 19.0 Å². The van der Waals surface area contributed by atoms with Crippen molar-refractivity contribution in [3.63, 3.8) is 0 Å². The van der Waals surface area contributed by atoms with Gasteiger partial charge in [0.2, 0.25) is 0 Å². The second-order valence-electron chi connectivity index (χ2n) is 4.24. The van der Waals surface area contributed by atoms with E-state index in [1.807, 2.05) is 25.9 Å². The summed E-state index contributed by atoms with van der Waals surface area (Å²) in [5.41, 5.74) is -0.688. The number of nitrogens with zero attached hydrogens (tertiary/aromatic N) is 2. The number of hydrogen-bond acceptors (Lipinski definition) is 3. The highest BCUT2D eigenvalue weighted by Crippen LogP contribution is 2.29. The summed E-state index contributed by atoms with van der Waals surface area (Å²) in [6.45, 7) is 2.61. The number of likely N-dealkylation sites (N-methyl/N-ethyl adjacent to an activating group) is 1. The molecule has 0 aromatic carbocycles. The maximum absolute atomic E-state index is 12.5. The Hall–Kier alpha value is -1.30. The SMILES string of the molecule is CC(CN(C)C)Nc1cc(C(F)(F)F)ccn1. The molecule has 1 rings (SSSR count). The highest BCUT2D eigenvalue weighted by molar-refractivity contribution is 5.39. The standard InChI is InChI=1S/C11H16F3N3/c1-8(7-17(2)3)16-10-6-9(4-5-15-10)11(12,13)14/h4-6,8H,7H2,1-3H3,(H,15,16). The Morgan fingerprint density at radius 1 is 1.41 bits per heavy atom. The summed E-state index contributed by atoms with van der Waals surface area (Å²) < 4.78 is 37.4. The lowest BCUT2D eigenvalue weighted by atomic mass is 10.2. The zero-order valence-electron chi connectivity index (χ0n) is 10.0. The Balaban J connectivity index is 2.72. The molecular formula is C11H16F3N3. The molecule has 0 saturated heterocycles. The van der Waals surface area contributed by atoms with Crippen LogP contribution in [0.1, 0.15) is 12.5 Å². The Morgan fingerprint density at radius 2 is 2.06 bits per heavy atom. The largest absolute Gasteiger partial charge is 0.416 e. The third kappa shape index (κ3) is 4.60. The molecule has 0 saturated carbocycles. The van der Waals surface area contributed by atoms with Crippen molar-refractivity contribution in [1.29, 1.82) is 0 Å². The summed E-state index contributed by atoms with van der Waals surface area (Å²) in [6.07, 6.45) is -3.17. The minimum atomic E-state index is -4.33. The molecule has 0 aliphatic rings. The predicted octanol–water partition coefficient (Wildman–Crippen LogP) is 2.46. The molecule has 0 radical (unpaired) electrons. The highest BCUT2D eigenvalue weighted by atomic mass is 19.4. The average Bonchev–Trinajstić information content (AvgIpc) is 2.15. The fourth-order valence-electron chi connectivity index (χ4n) is 1.53. The van der Waals surface area contributed by atoms with Gasteiger partial charge in [0, 0.05) is 18.8 Å². The molecule has 1 aromatic rings. The summed E-state index contributed by atoms with van der Waals surface area (Å²) in [5.74, 6) is 0.245. The van der Waals surface area contributed by atoms with E-state index in [2.05, 4.69) is 10.3 Å². The first-order valence-electron chi connectivity index (χ1n) is 5.23. The maximum atomic E-state index is 12.5. The lowest BCUT2D eigenvalue weighted by Crippen LogP contribution is -2.30. The van der Waals surface area contributed by atoms with Crippen LogP contribution in [-0.4, -0.2) is 36.6 Å². The number of pyridine rings is 1. The molecule has 1 unspecified atom stereocenters. The van der Waals surface area contributed by atoms with Crippen LogP contribution in [0, 0.1) is 0 Å². The van der Waals surface area contributed by atoms with E-state index in [0.29, 0.717) is 0 Å². The number of alkyl halides is 3. The minimum Gasteiger partial charge on any atom is -0.366 e. The molecule has 0 amide bonds. The minimum absolute atomic E-state index is 0.0287. The third-order valence-electron chi connectivity index (χ3n) is 2.12. The van der Waals surface area contributed by atoms with Crippen LogP contribution in [-0.2, 0) is 6.18 Å². The van der Waals surface area contributed by atoms with Gasteiger partial charge in [0.25, 0.3) is 0 Å². The van der Waals surface area contributed by atoms with Gasteiger partial charge in [-0.2, -0.15) is 13.2 Å². The molecule has 17 heavy (non-hydrogen) atoms. The van der Waals surface area contributed by atoms with Crippen molar-refractivity contribution in [3.8, 4) is 0 Å². The van der Waals surface area contributed by atoms with Crippen LogP contribution < -0.4 is 5.32 Å². The molecule has 1 aromatic heterocycles. The maximum Gasteiger partial charge on any atom is 0.416 e. The second kappa shape index (κ2) is 5.35. The molecule has 1 heterocycles. The first-order chi connectivity index (χ1) is 7.79. The van der Waals surface area contributed by atoms with Gasteiger partial charge < -0.3 is 10.2 Å². The summed E-state index contributed by atoms with van der Waals surface area (Å²) in [7, 11) is 3.80. The normalized spacial score (nSPS) is 13.8. The van der Waals surface area contributed by atoms with E-state index in [1.165, 1.54) is 0 Å². The van der Waals surface area contributed by atoms with Crippen molar-refractivity contribution in [2.24, 2.45) is 0 Å². The number of halogens is 3. The molecule has 1 N–H and O–H groups in total. The van der Waals surface area contributed by atoms with Gasteiger partial charge in [-0.1, -0.05) is 0 Å². The van der Waals surface area contributed by atoms with Gasteiger partial charge in [0.05, 0.1) is 5.56 Å². The van der Waals surface area contributed by atoms with Gasteiger partial charge >= 0.3 is 6.18 Å². The molecule has 3 nitrogen and oxygen atoms in total. The van der Waals surface area contributed by atoms with E-state index < -0.39 is 11.7 Å². The van der Waals surface area contributed by atoms with E-state index in [9.17, 15) is 13.2 Å². The van der Waals surface area contributed by atoms with Crippen LogP contribution in [0.15, 0.2) is 18.3 Å². The smallest absolute Gasteiger partial charge is 0.366 e. The lowest BCUT2D eigenvalue weighted by molar-refractivity contribution is -0.137. The summed E-state index contributed by atoms with van der Waals surface area (Å²) >= 11 is 0. The molecule has 0 spiro atoms. The number of rotatable bonds is 4. The predicted molar refractivity (Wildman–Crippen MR) is 60.9 cm³/mol. The molecular weight excluding hydrogens is 231 g/mol. The van der Waals surface area contributed by atoms with Crippen LogP contribution >= 0.6 is 0 Å². The Bertz CT molecular complexity index is 363. The first-order valence-corrected chi connectivity index (χ1v) is 5.23. The van der Waals surface area contributed by atoms with Gasteiger partial charge in [0.15, 0.2) is 0 Å². The molecule has 0 fully saturated rings. The monoisotopic (exact) mass is 247 g/mol. The fraction of sp³-hybridized carbons (Fsp3) is 0.545. The number of nitrogens with one attached hydrogen (secondary N) is 1. The average molecular weight is 247 g/mol. The number of hydrogen-bond donors (Lipinski definition) is 1. The van der Waals surface area contributed by atoms with E-state index in [1.54, 1.807) is 0 Å². The second-order valence-corrected chi connectivity index (χ2v) is 4.24. The van der Waals surface area contributed by atoms with Crippen molar-refractivity contribution in [3.05, 3.63) is 23.9 Å². The molecule has 96 valence electrons. The lowest BCUT2D eigenvalue weighted by Gasteiger charge is -2.19.